The van der Waals surface area contributed by atoms with E-state index in [9.17, 15) is 9.59 Å². The summed E-state index contributed by atoms with van der Waals surface area (Å²) in [5, 5.41) is 0.524. The SMILES string of the molecule is Cc1nc(SCC(=O)N2CCCC2)[nH]c(=O)c1C. The Morgan fingerprint density at radius 1 is 1.39 bits per heavy atom. The molecule has 0 atom stereocenters. The minimum Gasteiger partial charge on any atom is -0.342 e. The molecular formula is C12H17N3O2S. The van der Waals surface area contributed by atoms with Crippen LogP contribution in [0.1, 0.15) is 24.1 Å². The lowest BCUT2D eigenvalue weighted by molar-refractivity contribution is -0.127. The molecule has 0 aliphatic carbocycles. The molecule has 5 nitrogen and oxygen atoms in total. The predicted octanol–water partition coefficient (Wildman–Crippen LogP) is 1.10. The summed E-state index contributed by atoms with van der Waals surface area (Å²) >= 11 is 1.29. The molecule has 2 rings (SSSR count). The normalized spacial score (nSPS) is 15.1. The molecule has 1 amide bonds. The van der Waals surface area contributed by atoms with Gasteiger partial charge in [-0.25, -0.2) is 4.98 Å². The van der Waals surface area contributed by atoms with Crippen molar-refractivity contribution in [3.8, 4) is 0 Å². The number of rotatable bonds is 3. The van der Waals surface area contributed by atoms with Crippen molar-refractivity contribution in [2.24, 2.45) is 0 Å². The lowest BCUT2D eigenvalue weighted by Gasteiger charge is -2.14. The van der Waals surface area contributed by atoms with E-state index in [4.69, 9.17) is 0 Å². The van der Waals surface area contributed by atoms with E-state index in [1.165, 1.54) is 11.8 Å². The van der Waals surface area contributed by atoms with Crippen LogP contribution in [0, 0.1) is 13.8 Å². The molecule has 18 heavy (non-hydrogen) atoms. The van der Waals surface area contributed by atoms with E-state index in [1.54, 1.807) is 13.8 Å². The lowest BCUT2D eigenvalue weighted by Crippen LogP contribution is -2.29. The minimum absolute atomic E-state index is 0.123. The summed E-state index contributed by atoms with van der Waals surface area (Å²) in [4.78, 5) is 32.2. The molecule has 1 fully saturated rings. The van der Waals surface area contributed by atoms with Gasteiger partial charge < -0.3 is 9.88 Å². The van der Waals surface area contributed by atoms with Gasteiger partial charge in [-0.1, -0.05) is 11.8 Å². The lowest BCUT2D eigenvalue weighted by atomic mass is 10.3. The Balaban J connectivity index is 1.98. The second-order valence-corrected chi connectivity index (χ2v) is 5.42. The summed E-state index contributed by atoms with van der Waals surface area (Å²) in [6.07, 6.45) is 2.18. The Labute approximate surface area is 110 Å². The van der Waals surface area contributed by atoms with Gasteiger partial charge in [-0.05, 0) is 26.7 Å². The fourth-order valence-electron chi connectivity index (χ4n) is 1.88. The van der Waals surface area contributed by atoms with Crippen LogP contribution in [0.15, 0.2) is 9.95 Å². The number of nitrogens with zero attached hydrogens (tertiary/aromatic N) is 2. The zero-order valence-corrected chi connectivity index (χ0v) is 11.5. The number of hydrogen-bond donors (Lipinski definition) is 1. The van der Waals surface area contributed by atoms with Crippen LogP contribution >= 0.6 is 11.8 Å². The van der Waals surface area contributed by atoms with Gasteiger partial charge in [0, 0.05) is 24.3 Å². The number of nitrogens with one attached hydrogen (secondary N) is 1. The maximum absolute atomic E-state index is 11.8. The summed E-state index contributed by atoms with van der Waals surface area (Å²) < 4.78 is 0. The first-order valence-corrected chi connectivity index (χ1v) is 7.04. The molecule has 1 aliphatic heterocycles. The number of H-pyrrole nitrogens is 1. The second-order valence-electron chi connectivity index (χ2n) is 4.46. The Morgan fingerprint density at radius 3 is 2.67 bits per heavy atom. The Morgan fingerprint density at radius 2 is 2.06 bits per heavy atom. The zero-order chi connectivity index (χ0) is 13.1. The number of aromatic amines is 1. The number of aromatic nitrogens is 2. The largest absolute Gasteiger partial charge is 0.342 e. The third kappa shape index (κ3) is 2.93. The summed E-state index contributed by atoms with van der Waals surface area (Å²) in [6.45, 7) is 5.26. The molecule has 2 heterocycles. The molecule has 1 N–H and O–H groups in total. The van der Waals surface area contributed by atoms with Crippen molar-refractivity contribution in [1.82, 2.24) is 14.9 Å². The monoisotopic (exact) mass is 267 g/mol. The number of hydrogen-bond acceptors (Lipinski definition) is 4. The number of thioether (sulfide) groups is 1. The standard InChI is InChI=1S/C12H17N3O2S/c1-8-9(2)13-12(14-11(8)17)18-7-10(16)15-5-3-4-6-15/h3-7H2,1-2H3,(H,13,14,17). The number of carbonyl (C=O) groups excluding carboxylic acids is 1. The van der Waals surface area contributed by atoms with E-state index in [1.807, 2.05) is 4.90 Å². The maximum Gasteiger partial charge on any atom is 0.254 e. The van der Waals surface area contributed by atoms with Crippen LogP contribution in [-0.4, -0.2) is 39.6 Å². The average Bonchev–Trinajstić information content (AvgIpc) is 2.86. The van der Waals surface area contributed by atoms with Gasteiger partial charge in [-0.15, -0.1) is 0 Å². The Hall–Kier alpha value is -1.30. The Bertz CT molecular complexity index is 507. The highest BCUT2D eigenvalue weighted by Gasteiger charge is 2.18. The van der Waals surface area contributed by atoms with Gasteiger partial charge in [-0.3, -0.25) is 9.59 Å². The highest BCUT2D eigenvalue weighted by Crippen LogP contribution is 2.15. The first-order chi connectivity index (χ1) is 8.58. The third-order valence-electron chi connectivity index (χ3n) is 3.16. The topological polar surface area (TPSA) is 66.1 Å². The van der Waals surface area contributed by atoms with E-state index in [-0.39, 0.29) is 11.5 Å². The van der Waals surface area contributed by atoms with E-state index in [2.05, 4.69) is 9.97 Å². The molecule has 0 unspecified atom stereocenters. The molecule has 0 radical (unpaired) electrons. The minimum atomic E-state index is -0.126. The van der Waals surface area contributed by atoms with Crippen molar-refractivity contribution in [3.63, 3.8) is 0 Å². The van der Waals surface area contributed by atoms with Crippen LogP contribution in [-0.2, 0) is 4.79 Å². The summed E-state index contributed by atoms with van der Waals surface area (Å²) in [7, 11) is 0. The molecule has 1 aliphatic rings. The van der Waals surface area contributed by atoms with Crippen molar-refractivity contribution in [2.45, 2.75) is 31.8 Å². The number of carbonyl (C=O) groups is 1. The quantitative estimate of drug-likeness (QED) is 0.658. The van der Waals surface area contributed by atoms with E-state index >= 15 is 0 Å². The molecule has 1 saturated heterocycles. The van der Waals surface area contributed by atoms with Gasteiger partial charge >= 0.3 is 0 Å². The van der Waals surface area contributed by atoms with E-state index in [0.29, 0.717) is 16.5 Å². The van der Waals surface area contributed by atoms with Crippen LogP contribution in [0.3, 0.4) is 0 Å². The van der Waals surface area contributed by atoms with Gasteiger partial charge in [0.15, 0.2) is 5.16 Å². The Kier molecular flexibility index (Phi) is 4.06. The van der Waals surface area contributed by atoms with Crippen LogP contribution < -0.4 is 5.56 Å². The molecule has 1 aromatic heterocycles. The number of likely N-dealkylation sites (tertiary alicyclic amines) is 1. The number of aryl methyl sites for hydroxylation is 1. The smallest absolute Gasteiger partial charge is 0.254 e. The van der Waals surface area contributed by atoms with Crippen LogP contribution in [0.4, 0.5) is 0 Å². The van der Waals surface area contributed by atoms with Crippen LogP contribution in [0.5, 0.6) is 0 Å². The highest BCUT2D eigenvalue weighted by molar-refractivity contribution is 7.99. The first kappa shape index (κ1) is 13.1. The number of amides is 1. The van der Waals surface area contributed by atoms with Gasteiger partial charge in [0.2, 0.25) is 5.91 Å². The molecule has 0 spiro atoms. The van der Waals surface area contributed by atoms with E-state index < -0.39 is 0 Å². The summed E-state index contributed by atoms with van der Waals surface area (Å²) in [5.74, 6) is 0.462. The molecule has 0 aromatic carbocycles. The zero-order valence-electron chi connectivity index (χ0n) is 10.7. The predicted molar refractivity (Wildman–Crippen MR) is 70.9 cm³/mol. The van der Waals surface area contributed by atoms with Crippen molar-refractivity contribution in [1.29, 1.82) is 0 Å². The first-order valence-electron chi connectivity index (χ1n) is 6.06. The fraction of sp³-hybridized carbons (Fsp3) is 0.583. The second kappa shape index (κ2) is 5.56. The molecule has 0 bridgehead atoms. The van der Waals surface area contributed by atoms with Gasteiger partial charge in [-0.2, -0.15) is 0 Å². The summed E-state index contributed by atoms with van der Waals surface area (Å²) in [5.41, 5.74) is 1.22. The van der Waals surface area contributed by atoms with Crippen LogP contribution in [0.25, 0.3) is 0 Å². The van der Waals surface area contributed by atoms with Crippen molar-refractivity contribution < 1.29 is 4.79 Å². The summed E-state index contributed by atoms with van der Waals surface area (Å²) in [6, 6.07) is 0. The van der Waals surface area contributed by atoms with Crippen molar-refractivity contribution in [2.75, 3.05) is 18.8 Å². The molecule has 6 heteroatoms. The molecule has 1 aromatic rings. The van der Waals surface area contributed by atoms with Crippen molar-refractivity contribution >= 4 is 17.7 Å². The van der Waals surface area contributed by atoms with E-state index in [0.717, 1.165) is 31.6 Å². The molecule has 98 valence electrons. The van der Waals surface area contributed by atoms with Crippen LogP contribution in [0.2, 0.25) is 0 Å². The van der Waals surface area contributed by atoms with Gasteiger partial charge in [0.05, 0.1) is 5.75 Å². The molecular weight excluding hydrogens is 250 g/mol. The average molecular weight is 267 g/mol. The van der Waals surface area contributed by atoms with Gasteiger partial charge in [0.25, 0.3) is 5.56 Å². The van der Waals surface area contributed by atoms with Gasteiger partial charge in [0.1, 0.15) is 0 Å². The van der Waals surface area contributed by atoms with Crippen molar-refractivity contribution in [3.05, 3.63) is 21.6 Å². The fourth-order valence-corrected chi connectivity index (χ4v) is 2.68. The maximum atomic E-state index is 11.8. The highest BCUT2D eigenvalue weighted by atomic mass is 32.2. The third-order valence-corrected chi connectivity index (χ3v) is 4.02. The molecule has 0 saturated carbocycles.